The zero-order valence-electron chi connectivity index (χ0n) is 21.8. The molecule has 5 nitrogen and oxygen atoms in total. The molecule has 0 saturated carbocycles. The highest BCUT2D eigenvalue weighted by molar-refractivity contribution is 5.89. The normalized spacial score (nSPS) is 18.1. The van der Waals surface area contributed by atoms with Crippen molar-refractivity contribution in [2.24, 2.45) is 5.92 Å². The highest BCUT2D eigenvalue weighted by Gasteiger charge is 2.44. The number of carbonyl (C=O) groups excluding carboxylic acids is 1. The van der Waals surface area contributed by atoms with Gasteiger partial charge in [0.15, 0.2) is 6.10 Å². The van der Waals surface area contributed by atoms with Crippen LogP contribution in [0.25, 0.3) is 11.3 Å². The molecule has 3 atom stereocenters. The first-order valence-corrected chi connectivity index (χ1v) is 12.8. The number of aromatic nitrogens is 2. The minimum Gasteiger partial charge on any atom is -0.435 e. The summed E-state index contributed by atoms with van der Waals surface area (Å²) in [6.45, 7) is 6.88. The number of cyclic esters (lactones) is 1. The molecule has 210 valence electrons. The lowest BCUT2D eigenvalue weighted by molar-refractivity contribution is -0.0169. The summed E-state index contributed by atoms with van der Waals surface area (Å²) >= 11 is 0. The maximum absolute atomic E-state index is 15.1. The van der Waals surface area contributed by atoms with Gasteiger partial charge in [0.2, 0.25) is 6.43 Å². The summed E-state index contributed by atoms with van der Waals surface area (Å²) in [6.07, 6.45) is -7.06. The van der Waals surface area contributed by atoms with Crippen molar-refractivity contribution in [3.63, 3.8) is 0 Å². The Morgan fingerprint density at radius 2 is 1.82 bits per heavy atom. The van der Waals surface area contributed by atoms with Crippen LogP contribution in [0.3, 0.4) is 0 Å². The maximum atomic E-state index is 15.1. The molecule has 1 aliphatic heterocycles. The van der Waals surface area contributed by atoms with Crippen LogP contribution in [0.5, 0.6) is 0 Å². The van der Waals surface area contributed by atoms with Crippen molar-refractivity contribution in [1.82, 2.24) is 9.97 Å². The Morgan fingerprint density at radius 1 is 1.11 bits per heavy atom. The van der Waals surface area contributed by atoms with Gasteiger partial charge in [0.1, 0.15) is 5.82 Å². The molecule has 2 unspecified atom stereocenters. The Labute approximate surface area is 218 Å². The van der Waals surface area contributed by atoms with E-state index in [2.05, 4.69) is 15.3 Å². The molecule has 1 aliphatic rings. The van der Waals surface area contributed by atoms with E-state index in [1.807, 2.05) is 13.8 Å². The average molecular weight is 546 g/mol. The summed E-state index contributed by atoms with van der Waals surface area (Å²) < 4.78 is 92.5. The largest absolute Gasteiger partial charge is 0.435 e. The van der Waals surface area contributed by atoms with Crippen LogP contribution < -0.4 is 5.32 Å². The first kappa shape index (κ1) is 29.7. The second kappa shape index (κ2) is 11.9. The molecule has 0 fully saturated rings. The zero-order chi connectivity index (χ0) is 28.3. The number of amides is 1. The van der Waals surface area contributed by atoms with Crippen molar-refractivity contribution in [1.29, 1.82) is 0 Å². The maximum Gasteiger partial charge on any atom is 0.413 e. The summed E-state index contributed by atoms with van der Waals surface area (Å²) in [5.41, 5.74) is -3.07. The van der Waals surface area contributed by atoms with Crippen LogP contribution in [0.4, 0.5) is 37.0 Å². The first-order valence-electron chi connectivity index (χ1n) is 12.8. The Morgan fingerprint density at radius 3 is 2.39 bits per heavy atom. The number of hydrogen-bond donors (Lipinski definition) is 1. The van der Waals surface area contributed by atoms with E-state index in [1.165, 1.54) is 19.2 Å². The first-order chi connectivity index (χ1) is 17.9. The fraction of sp³-hybridized carbons (Fsp3) is 0.593. The highest BCUT2D eigenvalue weighted by Crippen LogP contribution is 2.45. The predicted octanol–water partition coefficient (Wildman–Crippen LogP) is 8.64. The molecule has 0 radical (unpaired) electrons. The SMILES string of the molecule is CCCC(CC[C@H](C)CC)(c1cc(C(F)(F)CC)cc(-c2ccnc3c2C(C(F)F)OC(=O)N3)n1)C(F)F. The van der Waals surface area contributed by atoms with Gasteiger partial charge in [-0.3, -0.25) is 10.3 Å². The molecular formula is C27H33F6N3O2. The number of alkyl halides is 6. The summed E-state index contributed by atoms with van der Waals surface area (Å²) in [5, 5.41) is 2.23. The summed E-state index contributed by atoms with van der Waals surface area (Å²) in [7, 11) is 0. The van der Waals surface area contributed by atoms with E-state index in [0.717, 1.165) is 18.6 Å². The van der Waals surface area contributed by atoms with Gasteiger partial charge in [0, 0.05) is 23.7 Å². The molecule has 0 saturated heterocycles. The Kier molecular flexibility index (Phi) is 9.30. The van der Waals surface area contributed by atoms with Crippen molar-refractivity contribution in [2.45, 2.75) is 96.5 Å². The number of pyridine rings is 2. The molecule has 3 heterocycles. The number of hydrogen-bond acceptors (Lipinski definition) is 4. The molecule has 1 N–H and O–H groups in total. The summed E-state index contributed by atoms with van der Waals surface area (Å²) in [6, 6.07) is 3.33. The highest BCUT2D eigenvalue weighted by atomic mass is 19.3. The van der Waals surface area contributed by atoms with Gasteiger partial charge in [0.05, 0.1) is 22.4 Å². The number of carbonyl (C=O) groups is 1. The Hall–Kier alpha value is -2.85. The minimum atomic E-state index is -3.39. The van der Waals surface area contributed by atoms with Crippen LogP contribution in [0, 0.1) is 5.92 Å². The van der Waals surface area contributed by atoms with Crippen molar-refractivity contribution in [2.75, 3.05) is 5.32 Å². The predicted molar refractivity (Wildman–Crippen MR) is 132 cm³/mol. The van der Waals surface area contributed by atoms with Gasteiger partial charge in [0.25, 0.3) is 12.3 Å². The molecule has 3 rings (SSSR count). The minimum absolute atomic E-state index is 0.00196. The second-order valence-electron chi connectivity index (χ2n) is 9.85. The van der Waals surface area contributed by atoms with E-state index < -0.39 is 48.4 Å². The fourth-order valence-corrected chi connectivity index (χ4v) is 4.77. The zero-order valence-corrected chi connectivity index (χ0v) is 21.8. The topological polar surface area (TPSA) is 64.1 Å². The Balaban J connectivity index is 2.32. The van der Waals surface area contributed by atoms with Crippen LogP contribution in [0.2, 0.25) is 0 Å². The van der Waals surface area contributed by atoms with E-state index in [1.54, 1.807) is 6.92 Å². The van der Waals surface area contributed by atoms with Crippen LogP contribution in [-0.4, -0.2) is 28.9 Å². The van der Waals surface area contributed by atoms with Crippen LogP contribution in [0.1, 0.15) is 89.1 Å². The third kappa shape index (κ3) is 5.91. The number of rotatable bonds is 12. The molecule has 0 aliphatic carbocycles. The van der Waals surface area contributed by atoms with Crippen molar-refractivity contribution in [3.05, 3.63) is 41.2 Å². The molecule has 1 amide bonds. The molecule has 11 heteroatoms. The van der Waals surface area contributed by atoms with E-state index in [4.69, 9.17) is 4.74 Å². The van der Waals surface area contributed by atoms with E-state index >= 15 is 8.78 Å². The van der Waals surface area contributed by atoms with Gasteiger partial charge in [-0.15, -0.1) is 0 Å². The summed E-state index contributed by atoms with van der Waals surface area (Å²) in [4.78, 5) is 20.1. The van der Waals surface area contributed by atoms with Crippen LogP contribution in [-0.2, 0) is 16.1 Å². The van der Waals surface area contributed by atoms with Crippen LogP contribution in [0.15, 0.2) is 24.4 Å². The van der Waals surface area contributed by atoms with Crippen molar-refractivity contribution in [3.8, 4) is 11.3 Å². The number of nitrogens with one attached hydrogen (secondary N) is 1. The molecule has 38 heavy (non-hydrogen) atoms. The van der Waals surface area contributed by atoms with Gasteiger partial charge in [-0.1, -0.05) is 40.5 Å². The van der Waals surface area contributed by atoms with Gasteiger partial charge in [-0.2, -0.15) is 0 Å². The van der Waals surface area contributed by atoms with Gasteiger partial charge in [-0.05, 0) is 43.4 Å². The third-order valence-electron chi connectivity index (χ3n) is 7.33. The van der Waals surface area contributed by atoms with E-state index in [-0.39, 0.29) is 47.1 Å². The number of halogens is 6. The molecule has 0 bridgehead atoms. The van der Waals surface area contributed by atoms with E-state index in [0.29, 0.717) is 12.8 Å². The lowest BCUT2D eigenvalue weighted by Crippen LogP contribution is -2.36. The van der Waals surface area contributed by atoms with Gasteiger partial charge < -0.3 is 4.74 Å². The third-order valence-corrected chi connectivity index (χ3v) is 7.33. The molecule has 2 aromatic rings. The smallest absolute Gasteiger partial charge is 0.413 e. The molecule has 0 aromatic carbocycles. The number of fused-ring (bicyclic) bond motifs is 1. The molecular weight excluding hydrogens is 512 g/mol. The lowest BCUT2D eigenvalue weighted by Gasteiger charge is -2.35. The molecule has 0 spiro atoms. The van der Waals surface area contributed by atoms with E-state index in [9.17, 15) is 22.4 Å². The Bertz CT molecular complexity index is 1130. The number of nitrogens with zero attached hydrogens (tertiary/aromatic N) is 2. The molecule has 2 aromatic heterocycles. The van der Waals surface area contributed by atoms with Crippen molar-refractivity contribution < 1.29 is 35.9 Å². The lowest BCUT2D eigenvalue weighted by atomic mass is 9.74. The quantitative estimate of drug-likeness (QED) is 0.271. The number of ether oxygens (including phenoxy) is 1. The second-order valence-corrected chi connectivity index (χ2v) is 9.85. The van der Waals surface area contributed by atoms with Gasteiger partial charge in [-0.25, -0.2) is 36.1 Å². The fourth-order valence-electron chi connectivity index (χ4n) is 4.77. The van der Waals surface area contributed by atoms with Crippen LogP contribution >= 0.6 is 0 Å². The standard InChI is InChI=1S/C27H33F6N3O2/c1-5-10-26(24(30)31,11-8-15(4)6-2)19-14-16(27(32,33)7-3)13-18(35-19)17-9-12-34-23-20(17)21(22(28)29)38-25(37)36-23/h9,12-15,21-22,24H,5-8,10-11H2,1-4H3,(H,34,36,37)/t15-,21?,26?/m1/s1. The summed E-state index contributed by atoms with van der Waals surface area (Å²) in [5.74, 6) is -3.49. The average Bonchev–Trinajstić information content (AvgIpc) is 2.89. The number of anilines is 1. The monoisotopic (exact) mass is 545 g/mol. The van der Waals surface area contributed by atoms with Crippen molar-refractivity contribution >= 4 is 11.9 Å². The van der Waals surface area contributed by atoms with Gasteiger partial charge >= 0.3 is 6.09 Å².